The molecule has 2 rings (SSSR count). The van der Waals surface area contributed by atoms with Gasteiger partial charge >= 0.3 is 5.97 Å². The average Bonchev–Trinajstić information content (AvgIpc) is 2.49. The Labute approximate surface area is 144 Å². The molecule has 0 spiro atoms. The minimum Gasteiger partial charge on any atom is -0.462 e. The number of hydrogen-bond donors (Lipinski definition) is 0. The van der Waals surface area contributed by atoms with Crippen molar-refractivity contribution in [3.05, 3.63) is 45.0 Å². The number of carbonyl (C=O) groups excluding carboxylic acids is 1. The van der Waals surface area contributed by atoms with Crippen LogP contribution in [0, 0.1) is 5.82 Å². The van der Waals surface area contributed by atoms with Crippen molar-refractivity contribution in [2.75, 3.05) is 27.2 Å². The Hall–Kier alpha value is -1.92. The highest BCUT2D eigenvalue weighted by Crippen LogP contribution is 2.24. The SMILES string of the molecule is CCOC(=O)c1cn(C(C)CN(C)C)c2cc(Cl)c(F)cc2c1=O. The lowest BCUT2D eigenvalue weighted by Gasteiger charge is -2.23. The van der Waals surface area contributed by atoms with Crippen LogP contribution in [0.3, 0.4) is 0 Å². The Morgan fingerprint density at radius 1 is 1.42 bits per heavy atom. The second-order valence-corrected chi connectivity index (χ2v) is 6.30. The highest BCUT2D eigenvalue weighted by molar-refractivity contribution is 6.31. The molecule has 24 heavy (non-hydrogen) atoms. The van der Waals surface area contributed by atoms with E-state index in [1.54, 1.807) is 11.5 Å². The predicted octanol–water partition coefficient (Wildman–Crippen LogP) is 3.09. The quantitative estimate of drug-likeness (QED) is 0.774. The molecule has 0 radical (unpaired) electrons. The van der Waals surface area contributed by atoms with Crippen LogP contribution in [0.25, 0.3) is 10.9 Å². The number of likely N-dealkylation sites (N-methyl/N-ethyl adjacent to an activating group) is 1. The van der Waals surface area contributed by atoms with E-state index < -0.39 is 17.2 Å². The number of rotatable bonds is 5. The van der Waals surface area contributed by atoms with Crippen LogP contribution in [-0.2, 0) is 4.74 Å². The molecule has 5 nitrogen and oxygen atoms in total. The van der Waals surface area contributed by atoms with Crippen molar-refractivity contribution in [1.29, 1.82) is 0 Å². The lowest BCUT2D eigenvalue weighted by molar-refractivity contribution is 0.0524. The van der Waals surface area contributed by atoms with Crippen LogP contribution in [-0.4, -0.2) is 42.7 Å². The van der Waals surface area contributed by atoms with Crippen molar-refractivity contribution < 1.29 is 13.9 Å². The molecule has 0 bridgehead atoms. The van der Waals surface area contributed by atoms with Crippen molar-refractivity contribution in [2.24, 2.45) is 0 Å². The second kappa shape index (κ2) is 7.32. The first-order valence-corrected chi connectivity index (χ1v) is 7.99. The van der Waals surface area contributed by atoms with E-state index in [0.29, 0.717) is 12.1 Å². The molecule has 7 heteroatoms. The Morgan fingerprint density at radius 2 is 2.08 bits per heavy atom. The summed E-state index contributed by atoms with van der Waals surface area (Å²) in [4.78, 5) is 26.6. The highest BCUT2D eigenvalue weighted by atomic mass is 35.5. The largest absolute Gasteiger partial charge is 0.462 e. The van der Waals surface area contributed by atoms with E-state index in [-0.39, 0.29) is 28.6 Å². The second-order valence-electron chi connectivity index (χ2n) is 5.89. The van der Waals surface area contributed by atoms with Gasteiger partial charge in [0.25, 0.3) is 0 Å². The molecular formula is C17H20ClFN2O3. The summed E-state index contributed by atoms with van der Waals surface area (Å²) in [7, 11) is 3.83. The zero-order valence-corrected chi connectivity index (χ0v) is 14.9. The van der Waals surface area contributed by atoms with Crippen LogP contribution in [0.15, 0.2) is 23.1 Å². The fourth-order valence-electron chi connectivity index (χ4n) is 2.68. The fourth-order valence-corrected chi connectivity index (χ4v) is 2.84. The summed E-state index contributed by atoms with van der Waals surface area (Å²) in [5, 5.41) is 0.0321. The number of benzene rings is 1. The number of fused-ring (bicyclic) bond motifs is 1. The van der Waals surface area contributed by atoms with Gasteiger partial charge in [-0.25, -0.2) is 9.18 Å². The zero-order chi connectivity index (χ0) is 18.0. The van der Waals surface area contributed by atoms with Gasteiger partial charge in [0.05, 0.1) is 17.1 Å². The normalized spacial score (nSPS) is 12.6. The molecule has 1 atom stereocenters. The van der Waals surface area contributed by atoms with E-state index in [1.807, 2.05) is 25.9 Å². The summed E-state index contributed by atoms with van der Waals surface area (Å²) < 4.78 is 20.6. The lowest BCUT2D eigenvalue weighted by atomic mass is 10.1. The van der Waals surface area contributed by atoms with Gasteiger partial charge in [-0.05, 0) is 40.1 Å². The number of carbonyl (C=O) groups is 1. The summed E-state index contributed by atoms with van der Waals surface area (Å²) in [5.41, 5.74) is -0.196. The molecule has 1 aromatic heterocycles. The number of esters is 1. The third kappa shape index (κ3) is 3.60. The molecule has 0 amide bonds. The summed E-state index contributed by atoms with van der Waals surface area (Å²) in [5.74, 6) is -1.42. The van der Waals surface area contributed by atoms with Crippen LogP contribution < -0.4 is 5.43 Å². The zero-order valence-electron chi connectivity index (χ0n) is 14.1. The highest BCUT2D eigenvalue weighted by Gasteiger charge is 2.20. The smallest absolute Gasteiger partial charge is 0.343 e. The molecular weight excluding hydrogens is 335 g/mol. The first kappa shape index (κ1) is 18.4. The maximum atomic E-state index is 13.8. The Morgan fingerprint density at radius 3 is 2.67 bits per heavy atom. The minimum atomic E-state index is -0.717. The molecule has 1 aromatic carbocycles. The van der Waals surface area contributed by atoms with Gasteiger partial charge in [-0.3, -0.25) is 4.79 Å². The van der Waals surface area contributed by atoms with E-state index in [2.05, 4.69) is 0 Å². The molecule has 0 aliphatic carbocycles. The molecule has 0 saturated heterocycles. The third-order valence-electron chi connectivity index (χ3n) is 3.67. The predicted molar refractivity (Wildman–Crippen MR) is 92.4 cm³/mol. The van der Waals surface area contributed by atoms with Crippen molar-refractivity contribution >= 4 is 28.5 Å². The number of nitrogens with zero attached hydrogens (tertiary/aromatic N) is 2. The Bertz CT molecular complexity index is 833. The van der Waals surface area contributed by atoms with Crippen LogP contribution in [0.1, 0.15) is 30.2 Å². The standard InChI is InChI=1S/C17H20ClFN2O3/c1-5-24-17(23)12-9-21(10(2)8-20(3)4)15-7-13(18)14(19)6-11(15)16(12)22/h6-7,9-10H,5,8H2,1-4H3. The van der Waals surface area contributed by atoms with Gasteiger partial charge in [0, 0.05) is 24.2 Å². The molecule has 1 unspecified atom stereocenters. The number of hydrogen-bond acceptors (Lipinski definition) is 4. The third-order valence-corrected chi connectivity index (χ3v) is 3.96. The fraction of sp³-hybridized carbons (Fsp3) is 0.412. The minimum absolute atomic E-state index is 0.0715. The number of halogens is 2. The number of aromatic nitrogens is 1. The number of pyridine rings is 1. The van der Waals surface area contributed by atoms with E-state index in [9.17, 15) is 14.0 Å². The number of ether oxygens (including phenoxy) is 1. The van der Waals surface area contributed by atoms with E-state index in [1.165, 1.54) is 12.3 Å². The molecule has 0 aliphatic heterocycles. The molecule has 130 valence electrons. The van der Waals surface area contributed by atoms with Crippen LogP contribution in [0.5, 0.6) is 0 Å². The van der Waals surface area contributed by atoms with E-state index >= 15 is 0 Å². The first-order chi connectivity index (χ1) is 11.3. The van der Waals surface area contributed by atoms with E-state index in [4.69, 9.17) is 16.3 Å². The lowest BCUT2D eigenvalue weighted by Crippen LogP contribution is -2.26. The van der Waals surface area contributed by atoms with Crippen LogP contribution in [0.2, 0.25) is 5.02 Å². The summed E-state index contributed by atoms with van der Waals surface area (Å²) >= 11 is 5.88. The Balaban J connectivity index is 2.78. The van der Waals surface area contributed by atoms with Crippen molar-refractivity contribution in [3.63, 3.8) is 0 Å². The van der Waals surface area contributed by atoms with Crippen molar-refractivity contribution in [2.45, 2.75) is 19.9 Å². The summed E-state index contributed by atoms with van der Waals surface area (Å²) in [6, 6.07) is 2.41. The van der Waals surface area contributed by atoms with Gasteiger partial charge in [-0.15, -0.1) is 0 Å². The van der Waals surface area contributed by atoms with E-state index in [0.717, 1.165) is 6.07 Å². The van der Waals surface area contributed by atoms with Crippen LogP contribution in [0.4, 0.5) is 4.39 Å². The van der Waals surface area contributed by atoms with Gasteiger partial charge in [0.15, 0.2) is 0 Å². The van der Waals surface area contributed by atoms with Gasteiger partial charge in [0.1, 0.15) is 11.4 Å². The summed E-state index contributed by atoms with van der Waals surface area (Å²) in [6.45, 7) is 4.41. The van der Waals surface area contributed by atoms with Gasteiger partial charge in [0.2, 0.25) is 5.43 Å². The maximum absolute atomic E-state index is 13.8. The van der Waals surface area contributed by atoms with Crippen LogP contribution >= 0.6 is 11.6 Å². The van der Waals surface area contributed by atoms with Crippen molar-refractivity contribution in [1.82, 2.24) is 9.47 Å². The molecule has 0 fully saturated rings. The molecule has 0 aliphatic rings. The monoisotopic (exact) mass is 354 g/mol. The van der Waals surface area contributed by atoms with Crippen molar-refractivity contribution in [3.8, 4) is 0 Å². The molecule has 2 aromatic rings. The summed E-state index contributed by atoms with van der Waals surface area (Å²) in [6.07, 6.45) is 1.46. The van der Waals surface area contributed by atoms with Gasteiger partial charge in [-0.2, -0.15) is 0 Å². The topological polar surface area (TPSA) is 51.5 Å². The van der Waals surface area contributed by atoms with Gasteiger partial charge in [-0.1, -0.05) is 11.6 Å². The first-order valence-electron chi connectivity index (χ1n) is 7.62. The molecule has 0 saturated carbocycles. The maximum Gasteiger partial charge on any atom is 0.343 e. The average molecular weight is 355 g/mol. The molecule has 1 heterocycles. The Kier molecular flexibility index (Phi) is 5.62. The van der Waals surface area contributed by atoms with Gasteiger partial charge < -0.3 is 14.2 Å². The molecule has 0 N–H and O–H groups in total.